The van der Waals surface area contributed by atoms with Gasteiger partial charge < -0.3 is 14.5 Å². The average molecular weight is 395 g/mol. The number of nitrogens with zero attached hydrogens (tertiary/aromatic N) is 1. The highest BCUT2D eigenvalue weighted by atomic mass is 19.1. The molecule has 2 heterocycles. The molecule has 0 bridgehead atoms. The van der Waals surface area contributed by atoms with Crippen molar-refractivity contribution in [2.45, 2.75) is 19.3 Å². The molecular formula is C22H22FN3O3. The van der Waals surface area contributed by atoms with Crippen LogP contribution < -0.4 is 10.2 Å². The van der Waals surface area contributed by atoms with E-state index in [9.17, 15) is 9.18 Å². The van der Waals surface area contributed by atoms with Gasteiger partial charge in [0.1, 0.15) is 11.6 Å². The smallest absolute Gasteiger partial charge is 0.277 e. The van der Waals surface area contributed by atoms with Crippen molar-refractivity contribution >= 4 is 23.0 Å². The summed E-state index contributed by atoms with van der Waals surface area (Å²) in [6.45, 7) is 2.73. The van der Waals surface area contributed by atoms with E-state index in [2.05, 4.69) is 15.5 Å². The summed E-state index contributed by atoms with van der Waals surface area (Å²) in [6.07, 6.45) is 4.25. The molecule has 3 aromatic rings. The van der Waals surface area contributed by atoms with Crippen molar-refractivity contribution in [3.05, 3.63) is 65.1 Å². The molecule has 1 atom stereocenters. The third-order valence-corrected chi connectivity index (χ3v) is 4.97. The Labute approximate surface area is 167 Å². The molecule has 2 aromatic carbocycles. The number of carbonyl (C=O) groups excluding carboxylic acids is 1. The van der Waals surface area contributed by atoms with Crippen molar-refractivity contribution in [1.29, 1.82) is 0 Å². The number of benzene rings is 2. The molecule has 1 aliphatic rings. The Kier molecular flexibility index (Phi) is 5.57. The zero-order valence-electron chi connectivity index (χ0n) is 16.1. The highest BCUT2D eigenvalue weighted by Gasteiger charge is 2.24. The van der Waals surface area contributed by atoms with Crippen LogP contribution in [0.4, 0.5) is 4.39 Å². The first-order valence-corrected chi connectivity index (χ1v) is 9.50. The highest BCUT2D eigenvalue weighted by molar-refractivity contribution is 5.89. The van der Waals surface area contributed by atoms with E-state index in [4.69, 9.17) is 9.47 Å². The van der Waals surface area contributed by atoms with E-state index in [-0.39, 0.29) is 24.2 Å². The second kappa shape index (κ2) is 8.45. The van der Waals surface area contributed by atoms with Gasteiger partial charge in [-0.2, -0.15) is 5.10 Å². The van der Waals surface area contributed by atoms with Crippen molar-refractivity contribution in [3.63, 3.8) is 0 Å². The maximum absolute atomic E-state index is 13.9. The lowest BCUT2D eigenvalue weighted by molar-refractivity contribution is -0.123. The van der Waals surface area contributed by atoms with Crippen molar-refractivity contribution in [1.82, 2.24) is 10.4 Å². The number of ether oxygens (including phenoxy) is 2. The standard InChI is InChI=1S/C22H22FN3O3/c1-14-8-18(23)10-19(17-5-7-28-12-17)22(14)29-13-21(27)26-25-11-15-2-3-16-4-6-24-20(16)9-15/h2-4,6,8-11,17,24H,5,7,12-13H2,1H3,(H,26,27). The van der Waals surface area contributed by atoms with Crippen LogP contribution in [0.3, 0.4) is 0 Å². The van der Waals surface area contributed by atoms with E-state index >= 15 is 0 Å². The van der Waals surface area contributed by atoms with Crippen LogP contribution in [0, 0.1) is 12.7 Å². The number of H-pyrrole nitrogens is 1. The molecule has 2 N–H and O–H groups in total. The van der Waals surface area contributed by atoms with E-state index in [1.54, 1.807) is 13.1 Å². The van der Waals surface area contributed by atoms with Crippen LogP contribution in [-0.4, -0.2) is 36.9 Å². The van der Waals surface area contributed by atoms with E-state index < -0.39 is 0 Å². The summed E-state index contributed by atoms with van der Waals surface area (Å²) < 4.78 is 25.0. The minimum atomic E-state index is -0.389. The third-order valence-electron chi connectivity index (χ3n) is 4.97. The van der Waals surface area contributed by atoms with E-state index in [1.807, 2.05) is 30.5 Å². The predicted molar refractivity (Wildman–Crippen MR) is 109 cm³/mol. The lowest BCUT2D eigenvalue weighted by atomic mass is 9.95. The van der Waals surface area contributed by atoms with Crippen LogP contribution in [0.15, 0.2) is 47.7 Å². The molecule has 1 unspecified atom stereocenters. The number of carbonyl (C=O) groups is 1. The molecule has 7 heteroatoms. The molecule has 1 aromatic heterocycles. The lowest BCUT2D eigenvalue weighted by Gasteiger charge is -2.17. The van der Waals surface area contributed by atoms with Gasteiger partial charge in [0.2, 0.25) is 0 Å². The van der Waals surface area contributed by atoms with Crippen LogP contribution in [0.2, 0.25) is 0 Å². The number of fused-ring (bicyclic) bond motifs is 1. The number of aromatic nitrogens is 1. The second-order valence-corrected chi connectivity index (χ2v) is 7.11. The van der Waals surface area contributed by atoms with Crippen LogP contribution in [0.25, 0.3) is 10.9 Å². The molecule has 0 radical (unpaired) electrons. The Morgan fingerprint density at radius 1 is 1.38 bits per heavy atom. The van der Waals surface area contributed by atoms with Gasteiger partial charge in [0, 0.05) is 29.8 Å². The largest absolute Gasteiger partial charge is 0.483 e. The number of hydrogen-bond donors (Lipinski definition) is 2. The van der Waals surface area contributed by atoms with Gasteiger partial charge in [-0.3, -0.25) is 4.79 Å². The molecule has 150 valence electrons. The third kappa shape index (κ3) is 4.46. The van der Waals surface area contributed by atoms with Gasteiger partial charge in [-0.15, -0.1) is 0 Å². The first-order chi connectivity index (χ1) is 14.1. The molecule has 6 nitrogen and oxygen atoms in total. The number of amides is 1. The van der Waals surface area contributed by atoms with Crippen LogP contribution in [0.5, 0.6) is 5.75 Å². The fourth-order valence-corrected chi connectivity index (χ4v) is 3.53. The summed E-state index contributed by atoms with van der Waals surface area (Å²) >= 11 is 0. The van der Waals surface area contributed by atoms with Crippen molar-refractivity contribution in [2.75, 3.05) is 19.8 Å². The summed E-state index contributed by atoms with van der Waals surface area (Å²) in [5, 5.41) is 5.09. The van der Waals surface area contributed by atoms with Crippen LogP contribution in [-0.2, 0) is 9.53 Å². The Bertz CT molecular complexity index is 1050. The number of aromatic amines is 1. The molecule has 1 aliphatic heterocycles. The summed E-state index contributed by atoms with van der Waals surface area (Å²) in [5.74, 6) is -0.0917. The fraction of sp³-hybridized carbons (Fsp3) is 0.273. The van der Waals surface area contributed by atoms with Gasteiger partial charge in [-0.1, -0.05) is 12.1 Å². The average Bonchev–Trinajstić information content (AvgIpc) is 3.38. The van der Waals surface area contributed by atoms with Crippen LogP contribution in [0.1, 0.15) is 29.0 Å². The normalized spacial score (nSPS) is 16.6. The summed E-state index contributed by atoms with van der Waals surface area (Å²) in [7, 11) is 0. The molecule has 1 fully saturated rings. The number of hydrogen-bond acceptors (Lipinski definition) is 4. The SMILES string of the molecule is Cc1cc(F)cc(C2CCOC2)c1OCC(=O)NN=Cc1ccc2cc[nH]c2c1. The molecule has 1 saturated heterocycles. The van der Waals surface area contributed by atoms with Gasteiger partial charge >= 0.3 is 0 Å². The van der Waals surface area contributed by atoms with Crippen molar-refractivity contribution < 1.29 is 18.7 Å². The molecule has 0 saturated carbocycles. The fourth-order valence-electron chi connectivity index (χ4n) is 3.53. The maximum atomic E-state index is 13.9. The van der Waals surface area contributed by atoms with Gasteiger partial charge in [0.15, 0.2) is 6.61 Å². The van der Waals surface area contributed by atoms with Gasteiger partial charge in [-0.05, 0) is 54.1 Å². The molecular weight excluding hydrogens is 373 g/mol. The first kappa shape index (κ1) is 19.1. The second-order valence-electron chi connectivity index (χ2n) is 7.11. The lowest BCUT2D eigenvalue weighted by Crippen LogP contribution is -2.25. The number of rotatable bonds is 6. The Balaban J connectivity index is 1.38. The quantitative estimate of drug-likeness (QED) is 0.494. The Morgan fingerprint density at radius 2 is 2.28 bits per heavy atom. The minimum Gasteiger partial charge on any atom is -0.483 e. The first-order valence-electron chi connectivity index (χ1n) is 9.50. The molecule has 4 rings (SSSR count). The topological polar surface area (TPSA) is 75.7 Å². The van der Waals surface area contributed by atoms with E-state index in [0.717, 1.165) is 28.5 Å². The number of hydrazone groups is 1. The maximum Gasteiger partial charge on any atom is 0.277 e. The summed E-state index contributed by atoms with van der Waals surface area (Å²) in [5.41, 5.74) is 5.72. The van der Waals surface area contributed by atoms with Crippen LogP contribution >= 0.6 is 0 Å². The van der Waals surface area contributed by atoms with Gasteiger partial charge in [0.05, 0.1) is 12.8 Å². The van der Waals surface area contributed by atoms with Gasteiger partial charge in [0.25, 0.3) is 5.91 Å². The summed E-state index contributed by atoms with van der Waals surface area (Å²) in [6, 6.07) is 10.7. The zero-order chi connectivity index (χ0) is 20.2. The molecule has 1 amide bonds. The number of halogens is 1. The van der Waals surface area contributed by atoms with E-state index in [1.165, 1.54) is 12.1 Å². The van der Waals surface area contributed by atoms with Gasteiger partial charge in [-0.25, -0.2) is 9.82 Å². The number of aryl methyl sites for hydroxylation is 1. The highest BCUT2D eigenvalue weighted by Crippen LogP contribution is 2.35. The molecule has 0 spiro atoms. The predicted octanol–water partition coefficient (Wildman–Crippen LogP) is 3.65. The minimum absolute atomic E-state index is 0.0726. The van der Waals surface area contributed by atoms with E-state index in [0.29, 0.717) is 24.5 Å². The molecule has 0 aliphatic carbocycles. The summed E-state index contributed by atoms with van der Waals surface area (Å²) in [4.78, 5) is 15.3. The Morgan fingerprint density at radius 3 is 3.10 bits per heavy atom. The van der Waals surface area contributed by atoms with Crippen molar-refractivity contribution in [3.8, 4) is 5.75 Å². The zero-order valence-corrected chi connectivity index (χ0v) is 16.1. The monoisotopic (exact) mass is 395 g/mol. The Hall–Kier alpha value is -3.19. The van der Waals surface area contributed by atoms with Crippen molar-refractivity contribution in [2.24, 2.45) is 5.10 Å². The number of nitrogens with one attached hydrogen (secondary N) is 2. The molecule has 29 heavy (non-hydrogen) atoms.